The van der Waals surface area contributed by atoms with Crippen LogP contribution < -0.4 is 0 Å². The lowest BCUT2D eigenvalue weighted by atomic mass is 10.0. The van der Waals surface area contributed by atoms with E-state index in [0.717, 1.165) is 64.2 Å². The zero-order chi connectivity index (χ0) is 56.9. The molecule has 2 N–H and O–H groups in total. The summed E-state index contributed by atoms with van der Waals surface area (Å²) in [5.74, 6) is -1.52. The average Bonchev–Trinajstić information content (AvgIpc) is 3.43. The average molecular weight is 1120 g/mol. The minimum atomic E-state index is -4.77. The van der Waals surface area contributed by atoms with Gasteiger partial charge in [-0.15, -0.1) is 0 Å². The maximum atomic E-state index is 13.0. The summed E-state index contributed by atoms with van der Waals surface area (Å²) >= 11 is 0. The van der Waals surface area contributed by atoms with Gasteiger partial charge < -0.3 is 24.2 Å². The number of aliphatic hydroxyl groups excluding tert-OH is 1. The van der Waals surface area contributed by atoms with E-state index in [-0.39, 0.29) is 25.9 Å². The zero-order valence-corrected chi connectivity index (χ0v) is 51.5. The fraction of sp³-hybridized carbons (Fsp3) is 0.833. The van der Waals surface area contributed by atoms with E-state index >= 15 is 0 Å². The van der Waals surface area contributed by atoms with Crippen LogP contribution in [0, 0.1) is 0 Å². The van der Waals surface area contributed by atoms with Gasteiger partial charge in [-0.2, -0.15) is 0 Å². The molecule has 0 aliphatic carbocycles. The molecule has 0 aromatic rings. The van der Waals surface area contributed by atoms with Gasteiger partial charge in [0.05, 0.1) is 19.8 Å². The molecule has 78 heavy (non-hydrogen) atoms. The Kier molecular flexibility index (Phi) is 58.5. The fourth-order valence-corrected chi connectivity index (χ4v) is 10.2. The van der Waals surface area contributed by atoms with Crippen molar-refractivity contribution in [2.24, 2.45) is 0 Å². The SMILES string of the molecule is CC/C=C\C/C=C\C/C=C\C/C=C\CCC(=O)OC(CO)COP(=O)(O)OCC(COC(=O)CCCCCCCCCCCCCCCCCCCCC)OC(=O)CCCCCCCCCCCCCCCCCCCCC. The standard InChI is InChI=1S/C66H121O11P/c1-4-7-10-13-16-19-22-25-27-29-31-33-35-38-40-43-46-49-52-55-64(68)73-59-63(77-66(70)57-54-51-48-45-42-39-36-34-32-30-28-26-23-20-17-14-11-8-5-2)61-75-78(71,72)74-60-62(58-67)76-65(69)56-53-50-47-44-41-37-24-21-18-15-12-9-6-3/h9,12,18,21,37,41,47,50,62-63,67H,4-8,10-11,13-17,19-20,22-36,38-40,42-46,48-49,51-61H2,1-3H3,(H,71,72)/b12-9-,21-18-,41-37-,50-47-. The number of rotatable bonds is 61. The van der Waals surface area contributed by atoms with Crippen LogP contribution in [0.3, 0.4) is 0 Å². The van der Waals surface area contributed by atoms with E-state index in [0.29, 0.717) is 19.3 Å². The van der Waals surface area contributed by atoms with Crippen LogP contribution in [0.2, 0.25) is 0 Å². The lowest BCUT2D eigenvalue weighted by molar-refractivity contribution is -0.161. The van der Waals surface area contributed by atoms with Crippen LogP contribution in [0.4, 0.5) is 0 Å². The number of phosphoric acid groups is 1. The highest BCUT2D eigenvalue weighted by Crippen LogP contribution is 2.43. The first-order chi connectivity index (χ1) is 38.2. The third-order valence-electron chi connectivity index (χ3n) is 14.3. The molecule has 0 aliphatic heterocycles. The van der Waals surface area contributed by atoms with Crippen molar-refractivity contribution in [3.8, 4) is 0 Å². The van der Waals surface area contributed by atoms with Gasteiger partial charge in [0.2, 0.25) is 0 Å². The van der Waals surface area contributed by atoms with E-state index in [1.807, 2.05) is 12.2 Å². The van der Waals surface area contributed by atoms with Gasteiger partial charge in [-0.25, -0.2) is 4.57 Å². The van der Waals surface area contributed by atoms with Gasteiger partial charge in [0.25, 0.3) is 0 Å². The minimum absolute atomic E-state index is 0.0584. The van der Waals surface area contributed by atoms with Gasteiger partial charge in [-0.1, -0.05) is 301 Å². The molecule has 3 atom stereocenters. The van der Waals surface area contributed by atoms with Gasteiger partial charge in [-0.05, 0) is 44.9 Å². The van der Waals surface area contributed by atoms with E-state index in [1.54, 1.807) is 0 Å². The number of phosphoric ester groups is 1. The van der Waals surface area contributed by atoms with E-state index in [2.05, 4.69) is 57.2 Å². The molecule has 0 saturated carbocycles. The Bertz CT molecular complexity index is 1490. The molecule has 0 aromatic carbocycles. The highest BCUT2D eigenvalue weighted by Gasteiger charge is 2.28. The molecule has 0 saturated heterocycles. The van der Waals surface area contributed by atoms with Crippen LogP contribution in [0.5, 0.6) is 0 Å². The maximum absolute atomic E-state index is 13.0. The number of hydrogen-bond acceptors (Lipinski definition) is 10. The molecule has 3 unspecified atom stereocenters. The first kappa shape index (κ1) is 75.4. The number of esters is 3. The molecule has 0 spiro atoms. The molecule has 0 heterocycles. The molecule has 0 bridgehead atoms. The summed E-state index contributed by atoms with van der Waals surface area (Å²) in [7, 11) is -4.77. The topological polar surface area (TPSA) is 155 Å². The fourth-order valence-electron chi connectivity index (χ4n) is 9.37. The second-order valence-corrected chi connectivity index (χ2v) is 23.4. The summed E-state index contributed by atoms with van der Waals surface area (Å²) in [6.45, 7) is 4.52. The smallest absolute Gasteiger partial charge is 0.462 e. The third kappa shape index (κ3) is 58.1. The van der Waals surface area contributed by atoms with E-state index < -0.39 is 57.8 Å². The van der Waals surface area contributed by atoms with Gasteiger partial charge >= 0.3 is 25.7 Å². The normalized spacial score (nSPS) is 13.6. The van der Waals surface area contributed by atoms with Gasteiger partial charge in [0, 0.05) is 19.3 Å². The highest BCUT2D eigenvalue weighted by molar-refractivity contribution is 7.47. The van der Waals surface area contributed by atoms with Crippen LogP contribution in [0.1, 0.15) is 316 Å². The Balaban J connectivity index is 4.69. The molecule has 0 aromatic heterocycles. The van der Waals surface area contributed by atoms with Crippen molar-refractivity contribution in [2.75, 3.05) is 26.4 Å². The van der Waals surface area contributed by atoms with Crippen molar-refractivity contribution in [1.82, 2.24) is 0 Å². The lowest BCUT2D eigenvalue weighted by Crippen LogP contribution is -2.30. The Hall–Kier alpha value is -2.56. The van der Waals surface area contributed by atoms with Crippen molar-refractivity contribution in [2.45, 2.75) is 328 Å². The molecule has 0 aliphatic rings. The molecule has 0 fully saturated rings. The number of carbonyl (C=O) groups excluding carboxylic acids is 3. The molecule has 0 radical (unpaired) electrons. The predicted molar refractivity (Wildman–Crippen MR) is 325 cm³/mol. The summed E-state index contributed by atoms with van der Waals surface area (Å²) in [5, 5.41) is 9.82. The van der Waals surface area contributed by atoms with Crippen LogP contribution in [-0.2, 0) is 42.2 Å². The lowest BCUT2D eigenvalue weighted by Gasteiger charge is -2.21. The largest absolute Gasteiger partial charge is 0.472 e. The first-order valence-electron chi connectivity index (χ1n) is 32.5. The first-order valence-corrected chi connectivity index (χ1v) is 34.0. The van der Waals surface area contributed by atoms with Crippen LogP contribution in [0.25, 0.3) is 0 Å². The van der Waals surface area contributed by atoms with Crippen LogP contribution >= 0.6 is 7.82 Å². The summed E-state index contributed by atoms with van der Waals surface area (Å²) in [5.41, 5.74) is 0. The zero-order valence-electron chi connectivity index (χ0n) is 50.6. The van der Waals surface area contributed by atoms with Crippen molar-refractivity contribution in [1.29, 1.82) is 0 Å². The summed E-state index contributed by atoms with van der Waals surface area (Å²) in [6, 6.07) is 0. The van der Waals surface area contributed by atoms with Crippen molar-refractivity contribution in [3.63, 3.8) is 0 Å². The quantitative estimate of drug-likeness (QED) is 0.0197. The minimum Gasteiger partial charge on any atom is -0.462 e. The number of ether oxygens (including phenoxy) is 3. The van der Waals surface area contributed by atoms with Crippen molar-refractivity contribution >= 4 is 25.7 Å². The maximum Gasteiger partial charge on any atom is 0.472 e. The van der Waals surface area contributed by atoms with E-state index in [1.165, 1.54) is 193 Å². The van der Waals surface area contributed by atoms with Gasteiger partial charge in [-0.3, -0.25) is 23.4 Å². The molecular formula is C66H121O11P. The number of unbranched alkanes of at least 4 members (excludes halogenated alkanes) is 36. The molecule has 456 valence electrons. The third-order valence-corrected chi connectivity index (χ3v) is 15.2. The van der Waals surface area contributed by atoms with E-state index in [4.69, 9.17) is 23.3 Å². The Morgan fingerprint density at radius 3 is 1.03 bits per heavy atom. The van der Waals surface area contributed by atoms with Crippen LogP contribution in [0.15, 0.2) is 48.6 Å². The Labute approximate surface area is 479 Å². The highest BCUT2D eigenvalue weighted by atomic mass is 31.2. The Morgan fingerprint density at radius 1 is 0.372 bits per heavy atom. The number of aliphatic hydroxyl groups is 1. The Morgan fingerprint density at radius 2 is 0.667 bits per heavy atom. The van der Waals surface area contributed by atoms with Gasteiger partial charge in [0.15, 0.2) is 6.10 Å². The van der Waals surface area contributed by atoms with Crippen molar-refractivity contribution in [3.05, 3.63) is 48.6 Å². The number of carbonyl (C=O) groups is 3. The van der Waals surface area contributed by atoms with Crippen LogP contribution in [-0.4, -0.2) is 66.5 Å². The second kappa shape index (κ2) is 60.5. The van der Waals surface area contributed by atoms with Crippen molar-refractivity contribution < 1.29 is 52.2 Å². The molecule has 0 rings (SSSR count). The second-order valence-electron chi connectivity index (χ2n) is 21.9. The number of hydrogen-bond donors (Lipinski definition) is 2. The molecule has 11 nitrogen and oxygen atoms in total. The van der Waals surface area contributed by atoms with Gasteiger partial charge in [0.1, 0.15) is 12.7 Å². The predicted octanol–water partition coefficient (Wildman–Crippen LogP) is 19.7. The number of allylic oxidation sites excluding steroid dienone is 8. The molecule has 0 amide bonds. The molecular weight excluding hydrogens is 1000 g/mol. The summed E-state index contributed by atoms with van der Waals surface area (Å²) in [4.78, 5) is 48.7. The summed E-state index contributed by atoms with van der Waals surface area (Å²) in [6.07, 6.45) is 66.6. The monoisotopic (exact) mass is 1120 g/mol. The van der Waals surface area contributed by atoms with E-state index in [9.17, 15) is 28.9 Å². The molecule has 12 heteroatoms. The summed E-state index contributed by atoms with van der Waals surface area (Å²) < 4.78 is 39.6.